The van der Waals surface area contributed by atoms with Gasteiger partial charge in [0.25, 0.3) is 5.91 Å². The third-order valence-corrected chi connectivity index (χ3v) is 2.86. The van der Waals surface area contributed by atoms with Gasteiger partial charge in [0.1, 0.15) is 6.04 Å². The number of rotatable bonds is 6. The van der Waals surface area contributed by atoms with Crippen molar-refractivity contribution in [1.82, 2.24) is 10.6 Å². The molecule has 7 nitrogen and oxygen atoms in total. The number of carboxylic acids is 1. The van der Waals surface area contributed by atoms with Crippen LogP contribution in [-0.4, -0.2) is 47.2 Å². The molecule has 1 aromatic rings. The summed E-state index contributed by atoms with van der Waals surface area (Å²) in [4.78, 5) is 33.7. The van der Waals surface area contributed by atoms with Crippen molar-refractivity contribution in [2.75, 3.05) is 13.2 Å². The smallest absolute Gasteiger partial charge is 0.328 e. The zero-order chi connectivity index (χ0) is 15.1. The number of nitrogens with one attached hydrogen (secondary N) is 2. The fraction of sp³-hybridized carbons (Fsp3) is 0.250. The van der Waals surface area contributed by atoms with Crippen LogP contribution in [0.15, 0.2) is 28.7 Å². The Morgan fingerprint density at radius 3 is 2.30 bits per heavy atom. The van der Waals surface area contributed by atoms with Gasteiger partial charge in [-0.3, -0.25) is 9.59 Å². The first-order valence-corrected chi connectivity index (χ1v) is 6.40. The summed E-state index contributed by atoms with van der Waals surface area (Å²) >= 11 is 3.23. The SMILES string of the molecule is O=C(CNC(=O)c1ccc(Br)cc1)N[C@@H](CO)C(=O)O. The van der Waals surface area contributed by atoms with Gasteiger partial charge in [-0.25, -0.2) is 4.79 Å². The molecule has 0 aliphatic carbocycles. The van der Waals surface area contributed by atoms with Crippen molar-refractivity contribution < 1.29 is 24.6 Å². The molecule has 2 amide bonds. The third-order valence-electron chi connectivity index (χ3n) is 2.33. The van der Waals surface area contributed by atoms with Crippen LogP contribution in [0.3, 0.4) is 0 Å². The summed E-state index contributed by atoms with van der Waals surface area (Å²) in [5.74, 6) is -2.50. The zero-order valence-electron chi connectivity index (χ0n) is 10.3. The fourth-order valence-electron chi connectivity index (χ4n) is 1.29. The van der Waals surface area contributed by atoms with Gasteiger partial charge in [0.15, 0.2) is 0 Å². The molecule has 0 saturated heterocycles. The van der Waals surface area contributed by atoms with Gasteiger partial charge in [-0.05, 0) is 24.3 Å². The van der Waals surface area contributed by atoms with E-state index in [0.717, 1.165) is 4.47 Å². The average Bonchev–Trinajstić information content (AvgIpc) is 2.42. The van der Waals surface area contributed by atoms with E-state index in [1.807, 2.05) is 0 Å². The summed E-state index contributed by atoms with van der Waals surface area (Å²) in [5.41, 5.74) is 0.373. The second-order valence-corrected chi connectivity index (χ2v) is 4.75. The number of carbonyl (C=O) groups is 3. The molecule has 0 unspecified atom stereocenters. The van der Waals surface area contributed by atoms with E-state index in [0.29, 0.717) is 5.56 Å². The van der Waals surface area contributed by atoms with Crippen molar-refractivity contribution in [1.29, 1.82) is 0 Å². The number of carbonyl (C=O) groups excluding carboxylic acids is 2. The number of aliphatic hydroxyl groups excluding tert-OH is 1. The Hall–Kier alpha value is -1.93. The van der Waals surface area contributed by atoms with E-state index < -0.39 is 30.4 Å². The molecule has 8 heteroatoms. The molecular formula is C12H13BrN2O5. The Balaban J connectivity index is 2.46. The molecule has 0 heterocycles. The minimum absolute atomic E-state index is 0.373. The van der Waals surface area contributed by atoms with Crippen LogP contribution in [-0.2, 0) is 9.59 Å². The Morgan fingerprint density at radius 1 is 1.20 bits per heavy atom. The van der Waals surface area contributed by atoms with Crippen molar-refractivity contribution in [3.05, 3.63) is 34.3 Å². The van der Waals surface area contributed by atoms with Crippen molar-refractivity contribution in [3.8, 4) is 0 Å². The van der Waals surface area contributed by atoms with Crippen LogP contribution in [0.2, 0.25) is 0 Å². The first kappa shape index (κ1) is 16.1. The molecule has 0 saturated carbocycles. The lowest BCUT2D eigenvalue weighted by Crippen LogP contribution is -2.47. The minimum atomic E-state index is -1.38. The maximum Gasteiger partial charge on any atom is 0.328 e. The first-order valence-electron chi connectivity index (χ1n) is 5.61. The number of hydrogen-bond acceptors (Lipinski definition) is 4. The molecule has 0 radical (unpaired) electrons. The molecule has 0 spiro atoms. The van der Waals surface area contributed by atoms with Crippen LogP contribution in [0.1, 0.15) is 10.4 Å². The van der Waals surface area contributed by atoms with Crippen LogP contribution in [0.4, 0.5) is 0 Å². The van der Waals surface area contributed by atoms with Crippen molar-refractivity contribution in [2.45, 2.75) is 6.04 Å². The topological polar surface area (TPSA) is 116 Å². The second kappa shape index (κ2) is 7.61. The highest BCUT2D eigenvalue weighted by atomic mass is 79.9. The molecule has 4 N–H and O–H groups in total. The summed E-state index contributed by atoms with van der Waals surface area (Å²) in [7, 11) is 0. The van der Waals surface area contributed by atoms with E-state index in [1.165, 1.54) is 0 Å². The number of amides is 2. The number of hydrogen-bond donors (Lipinski definition) is 4. The quantitative estimate of drug-likeness (QED) is 0.567. The van der Waals surface area contributed by atoms with E-state index >= 15 is 0 Å². The average molecular weight is 345 g/mol. The van der Waals surface area contributed by atoms with Gasteiger partial charge in [0.2, 0.25) is 5.91 Å². The maximum absolute atomic E-state index is 11.7. The monoisotopic (exact) mass is 344 g/mol. The predicted octanol–water partition coefficient (Wildman–Crippen LogP) is -0.259. The molecule has 20 heavy (non-hydrogen) atoms. The molecule has 0 aromatic heterocycles. The Labute approximate surface area is 123 Å². The van der Waals surface area contributed by atoms with Crippen molar-refractivity contribution >= 4 is 33.7 Å². The van der Waals surface area contributed by atoms with Crippen LogP contribution < -0.4 is 10.6 Å². The van der Waals surface area contributed by atoms with E-state index in [9.17, 15) is 14.4 Å². The standard InChI is InChI=1S/C12H13BrN2O5/c13-8-3-1-7(2-4-8)11(18)14-5-10(17)15-9(6-16)12(19)20/h1-4,9,16H,5-6H2,(H,14,18)(H,15,17)(H,19,20)/t9-/m0/s1. The highest BCUT2D eigenvalue weighted by molar-refractivity contribution is 9.10. The van der Waals surface area contributed by atoms with Gasteiger partial charge in [-0.15, -0.1) is 0 Å². The molecule has 1 rings (SSSR count). The molecule has 0 fully saturated rings. The van der Waals surface area contributed by atoms with E-state index in [2.05, 4.69) is 26.6 Å². The number of aliphatic carboxylic acids is 1. The van der Waals surface area contributed by atoms with Gasteiger partial charge < -0.3 is 20.8 Å². The molecule has 108 valence electrons. The predicted molar refractivity (Wildman–Crippen MR) is 73.1 cm³/mol. The van der Waals surface area contributed by atoms with Crippen LogP contribution >= 0.6 is 15.9 Å². The van der Waals surface area contributed by atoms with Crippen molar-refractivity contribution in [2.24, 2.45) is 0 Å². The van der Waals surface area contributed by atoms with Crippen LogP contribution in [0.5, 0.6) is 0 Å². The highest BCUT2D eigenvalue weighted by Crippen LogP contribution is 2.10. The number of benzene rings is 1. The molecular weight excluding hydrogens is 332 g/mol. The Morgan fingerprint density at radius 2 is 1.80 bits per heavy atom. The third kappa shape index (κ3) is 4.98. The van der Waals surface area contributed by atoms with Gasteiger partial charge in [0, 0.05) is 10.0 Å². The largest absolute Gasteiger partial charge is 0.480 e. The van der Waals surface area contributed by atoms with Crippen LogP contribution in [0.25, 0.3) is 0 Å². The molecule has 0 aliphatic rings. The summed E-state index contributed by atoms with van der Waals surface area (Å²) in [5, 5.41) is 21.8. The minimum Gasteiger partial charge on any atom is -0.480 e. The van der Waals surface area contributed by atoms with E-state index in [1.54, 1.807) is 24.3 Å². The highest BCUT2D eigenvalue weighted by Gasteiger charge is 2.18. The Bertz CT molecular complexity index is 503. The summed E-state index contributed by atoms with van der Waals surface area (Å²) in [6.07, 6.45) is 0. The summed E-state index contributed by atoms with van der Waals surface area (Å²) < 4.78 is 0.819. The fourth-order valence-corrected chi connectivity index (χ4v) is 1.56. The van der Waals surface area contributed by atoms with E-state index in [-0.39, 0.29) is 6.54 Å². The summed E-state index contributed by atoms with van der Waals surface area (Å²) in [6.45, 7) is -1.10. The van der Waals surface area contributed by atoms with Gasteiger partial charge in [-0.1, -0.05) is 15.9 Å². The maximum atomic E-state index is 11.7. The lowest BCUT2D eigenvalue weighted by molar-refractivity contribution is -0.142. The normalized spacial score (nSPS) is 11.5. The number of halogens is 1. The zero-order valence-corrected chi connectivity index (χ0v) is 11.9. The molecule has 0 bridgehead atoms. The van der Waals surface area contributed by atoms with Gasteiger partial charge in [-0.2, -0.15) is 0 Å². The van der Waals surface area contributed by atoms with Crippen molar-refractivity contribution in [3.63, 3.8) is 0 Å². The number of aliphatic hydroxyl groups is 1. The lowest BCUT2D eigenvalue weighted by Gasteiger charge is -2.12. The molecule has 1 atom stereocenters. The Kier molecular flexibility index (Phi) is 6.13. The second-order valence-electron chi connectivity index (χ2n) is 3.83. The molecule has 1 aromatic carbocycles. The summed E-state index contributed by atoms with van der Waals surface area (Å²) in [6, 6.07) is 5.13. The lowest BCUT2D eigenvalue weighted by atomic mass is 10.2. The first-order chi connectivity index (χ1) is 9.43. The molecule has 0 aliphatic heterocycles. The van der Waals surface area contributed by atoms with Gasteiger partial charge in [0.05, 0.1) is 13.2 Å². The number of carboxylic acid groups (broad SMARTS) is 1. The van der Waals surface area contributed by atoms with Gasteiger partial charge >= 0.3 is 5.97 Å². The van der Waals surface area contributed by atoms with E-state index in [4.69, 9.17) is 10.2 Å². The van der Waals surface area contributed by atoms with Crippen LogP contribution in [0, 0.1) is 0 Å².